The quantitative estimate of drug-likeness (QED) is 0.314. The number of phenolic OH excluding ortho intramolecular Hbond substituents is 1. The first-order chi connectivity index (χ1) is 18.0. The number of carbonyl (C=O) groups excluding carboxylic acids is 4. The van der Waals surface area contributed by atoms with E-state index in [0.29, 0.717) is 15.6 Å². The van der Waals surface area contributed by atoms with Gasteiger partial charge in [-0.05, 0) is 42.5 Å². The van der Waals surface area contributed by atoms with Crippen LogP contribution in [0.25, 0.3) is 0 Å². The number of phenols is 1. The summed E-state index contributed by atoms with van der Waals surface area (Å²) in [6, 6.07) is 14.0. The van der Waals surface area contributed by atoms with Crippen LogP contribution < -0.4 is 0 Å². The van der Waals surface area contributed by atoms with Gasteiger partial charge in [-0.1, -0.05) is 57.9 Å². The third-order valence-electron chi connectivity index (χ3n) is 8.59. The third-order valence-corrected chi connectivity index (χ3v) is 10.5. The molecule has 2 aromatic carbocycles. The Labute approximate surface area is 237 Å². The summed E-state index contributed by atoms with van der Waals surface area (Å²) in [6.07, 6.45) is 2.05. The summed E-state index contributed by atoms with van der Waals surface area (Å²) in [5.74, 6) is -5.01. The lowest BCUT2D eigenvalue weighted by Crippen LogP contribution is -2.60. The fourth-order valence-corrected chi connectivity index (χ4v) is 8.22. The zero-order chi connectivity index (χ0) is 27.1. The molecule has 2 aliphatic carbocycles. The zero-order valence-electron chi connectivity index (χ0n) is 20.2. The van der Waals surface area contributed by atoms with Crippen molar-refractivity contribution in [2.45, 2.75) is 35.1 Å². The van der Waals surface area contributed by atoms with Crippen molar-refractivity contribution < 1.29 is 24.3 Å². The molecule has 0 aromatic heterocycles. The highest BCUT2D eigenvalue weighted by Crippen LogP contribution is 2.66. The summed E-state index contributed by atoms with van der Waals surface area (Å²) in [6.45, 7) is 0.148. The average molecular weight is 618 g/mol. The first-order valence-corrected chi connectivity index (χ1v) is 13.8. The largest absolute Gasteiger partial charge is 0.508 e. The van der Waals surface area contributed by atoms with Crippen LogP contribution in [0.4, 0.5) is 0 Å². The minimum absolute atomic E-state index is 0.0799. The minimum Gasteiger partial charge on any atom is -0.508 e. The summed E-state index contributed by atoms with van der Waals surface area (Å²) < 4.78 is 0.633. The van der Waals surface area contributed by atoms with Gasteiger partial charge in [0.15, 0.2) is 9.75 Å². The van der Waals surface area contributed by atoms with Gasteiger partial charge < -0.3 is 5.11 Å². The summed E-state index contributed by atoms with van der Waals surface area (Å²) in [5, 5.41) is 10.9. The van der Waals surface area contributed by atoms with Gasteiger partial charge in [0, 0.05) is 23.0 Å². The van der Waals surface area contributed by atoms with E-state index in [1.165, 1.54) is 18.0 Å². The van der Waals surface area contributed by atoms with E-state index in [4.69, 9.17) is 23.2 Å². The van der Waals surface area contributed by atoms with E-state index in [2.05, 4.69) is 15.9 Å². The van der Waals surface area contributed by atoms with Crippen LogP contribution in [0.15, 0.2) is 64.7 Å². The van der Waals surface area contributed by atoms with E-state index in [-0.39, 0.29) is 37.0 Å². The number of hydrogen-bond donors (Lipinski definition) is 1. The van der Waals surface area contributed by atoms with E-state index in [1.54, 1.807) is 12.1 Å². The van der Waals surface area contributed by atoms with Gasteiger partial charge in [-0.2, -0.15) is 0 Å². The SMILES string of the molecule is CN1C(=O)C2(Cl)CC3C(=CCC4C(=O)N(Cc5ccccc5)C(=O)C43)C(c3cc(Br)ccc3O)C2(Cl)C1=O. The van der Waals surface area contributed by atoms with Crippen molar-refractivity contribution in [3.05, 3.63) is 75.8 Å². The number of allylic oxidation sites excluding steroid dienone is 2. The lowest BCUT2D eigenvalue weighted by atomic mass is 9.56. The Morgan fingerprint density at radius 2 is 1.71 bits per heavy atom. The molecule has 38 heavy (non-hydrogen) atoms. The topological polar surface area (TPSA) is 95.0 Å². The molecule has 4 amide bonds. The molecule has 6 atom stereocenters. The normalized spacial score (nSPS) is 34.3. The van der Waals surface area contributed by atoms with Crippen molar-refractivity contribution in [2.24, 2.45) is 17.8 Å². The summed E-state index contributed by atoms with van der Waals surface area (Å²) in [5.41, 5.74) is 1.79. The van der Waals surface area contributed by atoms with E-state index in [1.807, 2.05) is 36.4 Å². The van der Waals surface area contributed by atoms with Gasteiger partial charge in [0.2, 0.25) is 11.8 Å². The number of benzene rings is 2. The predicted octanol–water partition coefficient (Wildman–Crippen LogP) is 4.34. The number of halogens is 3. The molecule has 3 fully saturated rings. The first-order valence-electron chi connectivity index (χ1n) is 12.3. The molecule has 0 bridgehead atoms. The smallest absolute Gasteiger partial charge is 0.253 e. The van der Waals surface area contributed by atoms with Crippen molar-refractivity contribution >= 4 is 62.8 Å². The lowest BCUT2D eigenvalue weighted by Gasteiger charge is -2.50. The molecule has 2 saturated heterocycles. The highest BCUT2D eigenvalue weighted by Gasteiger charge is 2.76. The van der Waals surface area contributed by atoms with Crippen LogP contribution in [0, 0.1) is 17.8 Å². The molecule has 2 aliphatic heterocycles. The number of carbonyl (C=O) groups is 4. The van der Waals surface area contributed by atoms with Crippen LogP contribution in [0.2, 0.25) is 0 Å². The van der Waals surface area contributed by atoms with Crippen LogP contribution in [0.5, 0.6) is 5.75 Å². The van der Waals surface area contributed by atoms with Gasteiger partial charge in [-0.15, -0.1) is 23.2 Å². The van der Waals surface area contributed by atoms with Crippen molar-refractivity contribution in [1.82, 2.24) is 9.80 Å². The van der Waals surface area contributed by atoms with Crippen molar-refractivity contribution in [2.75, 3.05) is 7.05 Å². The molecule has 2 heterocycles. The Morgan fingerprint density at radius 3 is 2.42 bits per heavy atom. The Bertz CT molecular complexity index is 1450. The molecule has 1 N–H and O–H groups in total. The number of imide groups is 2. The van der Waals surface area contributed by atoms with Gasteiger partial charge in [-0.25, -0.2) is 0 Å². The fourth-order valence-electron chi connectivity index (χ4n) is 6.83. The number of likely N-dealkylation sites (tertiary alicyclic amines) is 2. The number of fused-ring (bicyclic) bond motifs is 4. The summed E-state index contributed by atoms with van der Waals surface area (Å²) in [4.78, 5) is 52.7. The Hall–Kier alpha value is -2.68. The molecule has 6 rings (SSSR count). The number of amides is 4. The minimum atomic E-state index is -1.93. The number of rotatable bonds is 3. The standard InChI is InChI=1S/C28H23BrCl2N2O5/c1-32-25(37)27(30)12-19-16(22(28(27,31)26(32)38)18-11-15(29)7-10-20(18)34)8-9-17-21(19)24(36)33(23(17)35)13-14-5-3-2-4-6-14/h2-8,10-11,17,19,21-22,34H,9,12-13H2,1H3. The van der Waals surface area contributed by atoms with E-state index < -0.39 is 45.2 Å². The zero-order valence-corrected chi connectivity index (χ0v) is 23.3. The highest BCUT2D eigenvalue weighted by molar-refractivity contribution is 9.10. The van der Waals surface area contributed by atoms with Crippen LogP contribution in [0.3, 0.4) is 0 Å². The predicted molar refractivity (Wildman–Crippen MR) is 143 cm³/mol. The van der Waals surface area contributed by atoms with Crippen LogP contribution in [-0.4, -0.2) is 55.3 Å². The second-order valence-electron chi connectivity index (χ2n) is 10.4. The molecular weight excluding hydrogens is 595 g/mol. The monoisotopic (exact) mass is 616 g/mol. The molecule has 0 spiro atoms. The van der Waals surface area contributed by atoms with Crippen molar-refractivity contribution in [3.63, 3.8) is 0 Å². The van der Waals surface area contributed by atoms with Gasteiger partial charge in [0.1, 0.15) is 5.75 Å². The number of nitrogens with zero attached hydrogens (tertiary/aromatic N) is 2. The molecule has 0 radical (unpaired) electrons. The Kier molecular flexibility index (Phi) is 5.83. The maximum absolute atomic E-state index is 13.8. The Morgan fingerprint density at radius 1 is 1.00 bits per heavy atom. The van der Waals surface area contributed by atoms with Crippen molar-refractivity contribution in [3.8, 4) is 5.75 Å². The molecule has 196 valence electrons. The van der Waals surface area contributed by atoms with Crippen LogP contribution >= 0.6 is 39.1 Å². The molecule has 6 unspecified atom stereocenters. The van der Waals surface area contributed by atoms with E-state index in [9.17, 15) is 24.3 Å². The fraction of sp³-hybridized carbons (Fsp3) is 0.357. The van der Waals surface area contributed by atoms with E-state index in [0.717, 1.165) is 10.5 Å². The molecule has 1 saturated carbocycles. The van der Waals surface area contributed by atoms with Crippen LogP contribution in [-0.2, 0) is 25.7 Å². The summed E-state index contributed by atoms with van der Waals surface area (Å²) in [7, 11) is 1.34. The molecule has 4 aliphatic rings. The van der Waals surface area contributed by atoms with Gasteiger partial charge in [0.05, 0.1) is 18.4 Å². The molecule has 7 nitrogen and oxygen atoms in total. The van der Waals surface area contributed by atoms with Gasteiger partial charge in [0.25, 0.3) is 11.8 Å². The number of hydrogen-bond acceptors (Lipinski definition) is 5. The van der Waals surface area contributed by atoms with Gasteiger partial charge >= 0.3 is 0 Å². The molecule has 2 aromatic rings. The molecule has 10 heteroatoms. The maximum Gasteiger partial charge on any atom is 0.253 e. The third kappa shape index (κ3) is 3.26. The van der Waals surface area contributed by atoms with Gasteiger partial charge in [-0.3, -0.25) is 29.0 Å². The first kappa shape index (κ1) is 25.6. The summed E-state index contributed by atoms with van der Waals surface area (Å²) >= 11 is 17.7. The lowest BCUT2D eigenvalue weighted by molar-refractivity contribution is -0.141. The van der Waals surface area contributed by atoms with Crippen LogP contribution in [0.1, 0.15) is 29.9 Å². The average Bonchev–Trinajstić information content (AvgIpc) is 3.21. The number of alkyl halides is 2. The maximum atomic E-state index is 13.8. The van der Waals surface area contributed by atoms with E-state index >= 15 is 0 Å². The van der Waals surface area contributed by atoms with Crippen molar-refractivity contribution in [1.29, 1.82) is 0 Å². The second kappa shape index (κ2) is 8.66. The molecular formula is C28H23BrCl2N2O5. The number of aromatic hydroxyl groups is 1. The Balaban J connectivity index is 1.49. The second-order valence-corrected chi connectivity index (χ2v) is 12.6. The highest BCUT2D eigenvalue weighted by atomic mass is 79.9.